The molecule has 0 amide bonds. The monoisotopic (exact) mass is 558 g/mol. The third-order valence-corrected chi connectivity index (χ3v) is 15.3. The van der Waals surface area contributed by atoms with Crippen molar-refractivity contribution < 1.29 is 0 Å². The summed E-state index contributed by atoms with van der Waals surface area (Å²) in [5.41, 5.74) is 15.4. The summed E-state index contributed by atoms with van der Waals surface area (Å²) in [6.45, 7) is 12.8. The number of fused-ring (bicyclic) bond motifs is 13. The first-order valence-electron chi connectivity index (χ1n) is 16.7. The number of rotatable bonds is 2. The third-order valence-electron chi connectivity index (χ3n) is 15.3. The van der Waals surface area contributed by atoms with E-state index in [1.54, 1.807) is 16.7 Å². The second-order valence-electron chi connectivity index (χ2n) is 16.2. The molecule has 2 heteroatoms. The second-order valence-corrected chi connectivity index (χ2v) is 16.2. The Bertz CT molecular complexity index is 2130. The number of aromatic nitrogens is 2. The lowest BCUT2D eigenvalue weighted by atomic mass is 9.50. The molecule has 6 aliphatic rings. The quantitative estimate of drug-likeness (QED) is 0.215. The number of hydrogen-bond donors (Lipinski definition) is 0. The minimum atomic E-state index is 0.201. The van der Waals surface area contributed by atoms with E-state index in [9.17, 15) is 0 Å². The lowest BCUT2D eigenvalue weighted by Gasteiger charge is -2.52. The molecule has 2 nitrogen and oxygen atoms in total. The summed E-state index contributed by atoms with van der Waals surface area (Å²) in [4.78, 5) is 10.9. The molecule has 0 N–H and O–H groups in total. The Hall–Kier alpha value is -3.52. The van der Waals surface area contributed by atoms with Crippen molar-refractivity contribution in [2.75, 3.05) is 0 Å². The van der Waals surface area contributed by atoms with E-state index < -0.39 is 0 Å². The van der Waals surface area contributed by atoms with Gasteiger partial charge >= 0.3 is 0 Å². The Balaban J connectivity index is 1.11. The van der Waals surface area contributed by atoms with Gasteiger partial charge < -0.3 is 0 Å². The maximum absolute atomic E-state index is 5.47. The first-order valence-corrected chi connectivity index (χ1v) is 16.7. The molecular weight excluding hydrogens is 520 g/mol. The number of pyridine rings is 2. The van der Waals surface area contributed by atoms with E-state index in [1.807, 2.05) is 0 Å². The summed E-state index contributed by atoms with van der Waals surface area (Å²) < 4.78 is 0. The average molecular weight is 559 g/mol. The van der Waals surface area contributed by atoms with E-state index in [4.69, 9.17) is 9.97 Å². The zero-order chi connectivity index (χ0) is 28.9. The van der Waals surface area contributed by atoms with Crippen molar-refractivity contribution >= 4 is 21.8 Å². The summed E-state index contributed by atoms with van der Waals surface area (Å²) in [6, 6.07) is 27.2. The van der Waals surface area contributed by atoms with Crippen LogP contribution in [0.1, 0.15) is 94.4 Å². The van der Waals surface area contributed by atoms with Gasteiger partial charge in [0.15, 0.2) is 0 Å². The lowest BCUT2D eigenvalue weighted by Crippen LogP contribution is -2.49. The van der Waals surface area contributed by atoms with Crippen molar-refractivity contribution in [3.05, 3.63) is 95.1 Å². The number of para-hydroxylation sites is 2. The molecule has 4 fully saturated rings. The molecule has 6 aliphatic carbocycles. The molecule has 2 bridgehead atoms. The molecule has 11 rings (SSSR count). The molecule has 212 valence electrons. The molecule has 2 aromatic heterocycles. The van der Waals surface area contributed by atoms with Gasteiger partial charge in [-0.15, -0.1) is 0 Å². The number of nitrogens with zero attached hydrogens (tertiary/aromatic N) is 2. The van der Waals surface area contributed by atoms with E-state index in [0.717, 1.165) is 11.0 Å². The molecule has 43 heavy (non-hydrogen) atoms. The van der Waals surface area contributed by atoms with Crippen LogP contribution in [0, 0.1) is 22.2 Å². The summed E-state index contributed by atoms with van der Waals surface area (Å²) in [5, 5.41) is 2.77. The summed E-state index contributed by atoms with van der Waals surface area (Å²) in [6.07, 6.45) is 5.21. The van der Waals surface area contributed by atoms with E-state index in [1.165, 1.54) is 64.5 Å². The van der Waals surface area contributed by atoms with Crippen molar-refractivity contribution in [3.8, 4) is 22.5 Å². The topological polar surface area (TPSA) is 25.8 Å². The normalized spacial score (nSPS) is 40.1. The van der Waals surface area contributed by atoms with Crippen LogP contribution in [-0.4, -0.2) is 9.97 Å². The maximum Gasteiger partial charge on any atom is 0.0750 e. The Morgan fingerprint density at radius 1 is 0.674 bits per heavy atom. The molecule has 0 aliphatic heterocycles. The van der Waals surface area contributed by atoms with Gasteiger partial charge in [0.05, 0.1) is 22.4 Å². The first kappa shape index (κ1) is 23.9. The number of hydrogen-bond acceptors (Lipinski definition) is 2. The molecule has 0 radical (unpaired) electrons. The fraction of sp³-hybridized carbons (Fsp3) is 0.415. The maximum atomic E-state index is 5.47. The summed E-state index contributed by atoms with van der Waals surface area (Å²) in [7, 11) is 0. The fourth-order valence-electron chi connectivity index (χ4n) is 13.7. The summed E-state index contributed by atoms with van der Waals surface area (Å²) in [5.74, 6) is 1.99. The smallest absolute Gasteiger partial charge is 0.0750 e. The zero-order valence-corrected chi connectivity index (χ0v) is 25.9. The van der Waals surface area contributed by atoms with Gasteiger partial charge in [0.2, 0.25) is 0 Å². The highest BCUT2D eigenvalue weighted by Crippen LogP contribution is 3.08. The minimum absolute atomic E-state index is 0.201. The zero-order valence-electron chi connectivity index (χ0n) is 25.9. The highest BCUT2D eigenvalue weighted by Gasteiger charge is 3.03. The van der Waals surface area contributed by atoms with Crippen LogP contribution in [-0.2, 0) is 10.8 Å². The highest BCUT2D eigenvalue weighted by atomic mass is 15.1. The van der Waals surface area contributed by atoms with Gasteiger partial charge in [0.25, 0.3) is 0 Å². The molecule has 4 saturated carbocycles. The number of benzene rings is 3. The summed E-state index contributed by atoms with van der Waals surface area (Å²) >= 11 is 0. The Morgan fingerprint density at radius 2 is 1.26 bits per heavy atom. The van der Waals surface area contributed by atoms with Crippen LogP contribution in [0.3, 0.4) is 0 Å². The predicted octanol–water partition coefficient (Wildman–Crippen LogP) is 10.1. The highest BCUT2D eigenvalue weighted by molar-refractivity contribution is 5.94. The van der Waals surface area contributed by atoms with E-state index >= 15 is 0 Å². The van der Waals surface area contributed by atoms with E-state index in [-0.39, 0.29) is 10.8 Å². The van der Waals surface area contributed by atoms with Crippen LogP contribution in [0.5, 0.6) is 0 Å². The van der Waals surface area contributed by atoms with Gasteiger partial charge in [-0.3, -0.25) is 0 Å². The fourth-order valence-corrected chi connectivity index (χ4v) is 13.7. The molecule has 3 aromatic carbocycles. The molecular formula is C41H38N2. The van der Waals surface area contributed by atoms with Crippen LogP contribution >= 0.6 is 0 Å². The van der Waals surface area contributed by atoms with Gasteiger partial charge in [-0.25, -0.2) is 9.97 Å². The van der Waals surface area contributed by atoms with Crippen LogP contribution in [0.4, 0.5) is 0 Å². The van der Waals surface area contributed by atoms with Crippen LogP contribution < -0.4 is 0 Å². The molecule has 1 spiro atoms. The van der Waals surface area contributed by atoms with Crippen LogP contribution in [0.25, 0.3) is 44.3 Å². The Labute approximate surface area is 254 Å². The predicted molar refractivity (Wildman–Crippen MR) is 174 cm³/mol. The standard InChI is InChI=1S/C41H38N2/c1-22-25-18-19-37(22,2)33-31(25)26-10-6-8-12-29(26)42-35(33)23-14-16-24(17-15-23)36-34-32(27-11-7-9-13-30(27)43-36)28-20-39(4)40(5)21-38(34,3)41(28,39)40/h6-17,22,25,28H,18-21H2,1-5H3. The van der Waals surface area contributed by atoms with Gasteiger partial charge in [-0.05, 0) is 99.5 Å². The molecule has 8 atom stereocenters. The molecule has 5 aromatic rings. The molecule has 2 heterocycles. The molecule has 0 saturated heterocycles. The van der Waals surface area contributed by atoms with E-state index in [0.29, 0.717) is 34.0 Å². The Morgan fingerprint density at radius 3 is 1.86 bits per heavy atom. The van der Waals surface area contributed by atoms with Crippen LogP contribution in [0.2, 0.25) is 0 Å². The molecule has 8 unspecified atom stereocenters. The van der Waals surface area contributed by atoms with E-state index in [2.05, 4.69) is 107 Å². The van der Waals surface area contributed by atoms with Gasteiger partial charge in [-0.1, -0.05) is 95.3 Å². The average Bonchev–Trinajstić information content (AvgIpc) is 3.32. The van der Waals surface area contributed by atoms with Crippen molar-refractivity contribution in [3.63, 3.8) is 0 Å². The minimum Gasteiger partial charge on any atom is -0.247 e. The van der Waals surface area contributed by atoms with Gasteiger partial charge in [0.1, 0.15) is 0 Å². The largest absolute Gasteiger partial charge is 0.247 e. The van der Waals surface area contributed by atoms with Crippen molar-refractivity contribution in [2.24, 2.45) is 22.2 Å². The van der Waals surface area contributed by atoms with Gasteiger partial charge in [-0.2, -0.15) is 0 Å². The first-order chi connectivity index (χ1) is 20.7. The van der Waals surface area contributed by atoms with Crippen molar-refractivity contribution in [2.45, 2.75) is 83.0 Å². The van der Waals surface area contributed by atoms with Crippen molar-refractivity contribution in [1.82, 2.24) is 9.97 Å². The Kier molecular flexibility index (Phi) is 3.75. The van der Waals surface area contributed by atoms with Gasteiger partial charge in [0, 0.05) is 27.3 Å². The second kappa shape index (κ2) is 6.75. The van der Waals surface area contributed by atoms with Crippen LogP contribution in [0.15, 0.2) is 72.8 Å². The lowest BCUT2D eigenvalue weighted by molar-refractivity contribution is 0.0209. The SMILES string of the molecule is CC1C2CCC1(C)c1c(-c3ccc(-c4nc5ccccc5c5c4C4(C)CC6(C)C7(C)CC5C476)cc3)nc3ccccc3c12. The van der Waals surface area contributed by atoms with Crippen molar-refractivity contribution in [1.29, 1.82) is 0 Å². The third kappa shape index (κ3) is 2.12.